The monoisotopic (exact) mass is 344 g/mol. The molecule has 1 saturated heterocycles. The number of likely N-dealkylation sites (N-methyl/N-ethyl adjacent to an activating group) is 1. The molecule has 1 aliphatic heterocycles. The van der Waals surface area contributed by atoms with Crippen LogP contribution in [0.2, 0.25) is 0 Å². The van der Waals surface area contributed by atoms with Crippen molar-refractivity contribution in [2.24, 2.45) is 0 Å². The van der Waals surface area contributed by atoms with Gasteiger partial charge in [0.15, 0.2) is 0 Å². The molecule has 1 fully saturated rings. The molecule has 22 heavy (non-hydrogen) atoms. The van der Waals surface area contributed by atoms with Crippen molar-refractivity contribution in [2.45, 2.75) is 12.6 Å². The molecule has 1 atom stereocenters. The highest BCUT2D eigenvalue weighted by Gasteiger charge is 2.24. The molecule has 9 heteroatoms. The molecule has 3 rings (SSSR count). The number of hydrogen-bond donors (Lipinski definition) is 2. The summed E-state index contributed by atoms with van der Waals surface area (Å²) in [5.41, 5.74) is 0.503. The number of amides is 1. The topological polar surface area (TPSA) is 87.3 Å². The molecule has 0 spiro atoms. The van der Waals surface area contributed by atoms with E-state index in [4.69, 9.17) is 4.74 Å². The van der Waals surface area contributed by atoms with Crippen LogP contribution < -0.4 is 10.9 Å². The Hall–Kier alpha value is -1.48. The molecule has 120 valence electrons. The van der Waals surface area contributed by atoms with E-state index in [-0.39, 0.29) is 36.5 Å². The highest BCUT2D eigenvalue weighted by molar-refractivity contribution is 7.17. The largest absolute Gasteiger partial charge is 0.378 e. The number of rotatable bonds is 3. The molecular weight excluding hydrogens is 328 g/mol. The number of halogens is 1. The third kappa shape index (κ3) is 3.46. The van der Waals surface area contributed by atoms with Gasteiger partial charge in [0, 0.05) is 13.6 Å². The number of thiophene rings is 1. The second-order valence-corrected chi connectivity index (χ2v) is 5.84. The number of H-pyrrole nitrogens is 1. The lowest BCUT2D eigenvalue weighted by atomic mass is 10.2. The lowest BCUT2D eigenvalue weighted by molar-refractivity contribution is -0.135. The molecule has 0 radical (unpaired) electrons. The zero-order valence-corrected chi connectivity index (χ0v) is 13.6. The standard InChI is InChI=1S/C13H16N4O3S.ClH/c1-17(13(19)9-7-20-4-3-14-9)6-10-15-8-2-5-21-11(8)12(18)16-10;/h2,5,9,14H,3-4,6-7H2,1H3,(H,15,16,18);1H. The number of aromatic nitrogens is 2. The van der Waals surface area contributed by atoms with E-state index in [0.29, 0.717) is 35.8 Å². The smallest absolute Gasteiger partial charge is 0.268 e. The maximum absolute atomic E-state index is 12.3. The summed E-state index contributed by atoms with van der Waals surface area (Å²) in [5.74, 6) is 0.418. The molecule has 0 bridgehead atoms. The van der Waals surface area contributed by atoms with Gasteiger partial charge in [-0.15, -0.1) is 23.7 Å². The number of aromatic amines is 1. The highest BCUT2D eigenvalue weighted by atomic mass is 35.5. The first-order chi connectivity index (χ1) is 10.1. The fraction of sp³-hybridized carbons (Fsp3) is 0.462. The summed E-state index contributed by atoms with van der Waals surface area (Å²) in [6.07, 6.45) is 0. The molecule has 0 aliphatic carbocycles. The van der Waals surface area contributed by atoms with Gasteiger partial charge in [-0.2, -0.15) is 0 Å². The number of nitrogens with one attached hydrogen (secondary N) is 2. The summed E-state index contributed by atoms with van der Waals surface area (Å²) in [6.45, 7) is 1.92. The van der Waals surface area contributed by atoms with Gasteiger partial charge in [0.1, 0.15) is 16.6 Å². The van der Waals surface area contributed by atoms with E-state index in [1.807, 2.05) is 5.38 Å². The average molecular weight is 345 g/mol. The predicted molar refractivity (Wildman–Crippen MR) is 86.6 cm³/mol. The van der Waals surface area contributed by atoms with E-state index in [1.54, 1.807) is 18.0 Å². The van der Waals surface area contributed by atoms with Crippen molar-refractivity contribution >= 4 is 39.9 Å². The fourth-order valence-electron chi connectivity index (χ4n) is 2.29. The van der Waals surface area contributed by atoms with Gasteiger partial charge < -0.3 is 19.9 Å². The Morgan fingerprint density at radius 2 is 2.41 bits per heavy atom. The molecular formula is C13H17ClN4O3S. The number of fused-ring (bicyclic) bond motifs is 1. The van der Waals surface area contributed by atoms with Crippen LogP contribution in [0.4, 0.5) is 0 Å². The van der Waals surface area contributed by atoms with Crippen molar-refractivity contribution in [3.05, 3.63) is 27.6 Å². The van der Waals surface area contributed by atoms with E-state index in [9.17, 15) is 9.59 Å². The first kappa shape index (κ1) is 16.9. The molecule has 3 heterocycles. The first-order valence-corrected chi connectivity index (χ1v) is 7.55. The number of hydrogen-bond acceptors (Lipinski definition) is 6. The van der Waals surface area contributed by atoms with Crippen molar-refractivity contribution in [3.63, 3.8) is 0 Å². The van der Waals surface area contributed by atoms with E-state index in [0.717, 1.165) is 0 Å². The lowest BCUT2D eigenvalue weighted by Gasteiger charge is -2.27. The molecule has 1 aliphatic rings. The fourth-order valence-corrected chi connectivity index (χ4v) is 3.01. The van der Waals surface area contributed by atoms with Crippen molar-refractivity contribution in [2.75, 3.05) is 26.8 Å². The van der Waals surface area contributed by atoms with Gasteiger partial charge in [0.25, 0.3) is 5.56 Å². The van der Waals surface area contributed by atoms with Gasteiger partial charge in [0.2, 0.25) is 5.91 Å². The minimum Gasteiger partial charge on any atom is -0.378 e. The van der Waals surface area contributed by atoms with E-state index in [1.165, 1.54) is 11.3 Å². The van der Waals surface area contributed by atoms with Gasteiger partial charge >= 0.3 is 0 Å². The minimum atomic E-state index is -0.333. The van der Waals surface area contributed by atoms with Crippen LogP contribution in [0.15, 0.2) is 16.2 Å². The van der Waals surface area contributed by atoms with Gasteiger partial charge in [-0.25, -0.2) is 4.98 Å². The third-order valence-corrected chi connectivity index (χ3v) is 4.25. The summed E-state index contributed by atoms with van der Waals surface area (Å²) in [4.78, 5) is 32.8. The van der Waals surface area contributed by atoms with Crippen LogP contribution in [0.25, 0.3) is 10.2 Å². The van der Waals surface area contributed by atoms with Crippen molar-refractivity contribution in [3.8, 4) is 0 Å². The summed E-state index contributed by atoms with van der Waals surface area (Å²) in [6, 6.07) is 1.47. The molecule has 2 aromatic heterocycles. The summed E-state index contributed by atoms with van der Waals surface area (Å²) in [7, 11) is 1.69. The Morgan fingerprint density at radius 1 is 1.59 bits per heavy atom. The Balaban J connectivity index is 0.00000176. The SMILES string of the molecule is CN(Cc1nc2ccsc2c(=O)[nH]1)C(=O)C1COCCN1.Cl. The summed E-state index contributed by atoms with van der Waals surface area (Å²) >= 11 is 1.36. The number of nitrogens with zero attached hydrogens (tertiary/aromatic N) is 2. The maximum atomic E-state index is 12.3. The van der Waals surface area contributed by atoms with E-state index >= 15 is 0 Å². The molecule has 1 unspecified atom stereocenters. The second-order valence-electron chi connectivity index (χ2n) is 4.92. The van der Waals surface area contributed by atoms with Crippen LogP contribution in [0.1, 0.15) is 5.82 Å². The predicted octanol–water partition coefficient (Wildman–Crippen LogP) is 0.353. The normalized spacial score (nSPS) is 18.0. The molecule has 7 nitrogen and oxygen atoms in total. The Bertz CT molecular complexity index is 711. The Morgan fingerprint density at radius 3 is 3.14 bits per heavy atom. The number of morpholine rings is 1. The summed E-state index contributed by atoms with van der Waals surface area (Å²) < 4.78 is 5.89. The van der Waals surface area contributed by atoms with Crippen LogP contribution in [0.5, 0.6) is 0 Å². The zero-order chi connectivity index (χ0) is 14.8. The quantitative estimate of drug-likeness (QED) is 0.839. The van der Waals surface area contributed by atoms with Crippen LogP contribution in [0, 0.1) is 0 Å². The first-order valence-electron chi connectivity index (χ1n) is 6.67. The van der Waals surface area contributed by atoms with Gasteiger partial charge in [-0.05, 0) is 11.4 Å². The number of ether oxygens (including phenoxy) is 1. The zero-order valence-electron chi connectivity index (χ0n) is 12.0. The van der Waals surface area contributed by atoms with Crippen LogP contribution in [-0.4, -0.2) is 53.6 Å². The van der Waals surface area contributed by atoms with Crippen LogP contribution in [0.3, 0.4) is 0 Å². The maximum Gasteiger partial charge on any atom is 0.268 e. The second kappa shape index (κ2) is 7.19. The Kier molecular flexibility index (Phi) is 5.52. The number of carbonyl (C=O) groups excluding carboxylic acids is 1. The van der Waals surface area contributed by atoms with E-state index in [2.05, 4.69) is 15.3 Å². The average Bonchev–Trinajstić information content (AvgIpc) is 2.96. The molecule has 0 aromatic carbocycles. The van der Waals surface area contributed by atoms with Gasteiger partial charge in [0.05, 0.1) is 25.3 Å². The third-order valence-electron chi connectivity index (χ3n) is 3.35. The molecule has 2 N–H and O–H groups in total. The molecule has 1 amide bonds. The van der Waals surface area contributed by atoms with Gasteiger partial charge in [-0.1, -0.05) is 0 Å². The van der Waals surface area contributed by atoms with Crippen molar-refractivity contribution in [1.29, 1.82) is 0 Å². The number of carbonyl (C=O) groups is 1. The van der Waals surface area contributed by atoms with Gasteiger partial charge in [-0.3, -0.25) is 9.59 Å². The Labute approximate surface area is 137 Å². The van der Waals surface area contributed by atoms with Crippen LogP contribution in [-0.2, 0) is 16.1 Å². The van der Waals surface area contributed by atoms with Crippen molar-refractivity contribution < 1.29 is 9.53 Å². The highest BCUT2D eigenvalue weighted by Crippen LogP contribution is 2.14. The van der Waals surface area contributed by atoms with Crippen LogP contribution >= 0.6 is 23.7 Å². The molecule has 2 aromatic rings. The van der Waals surface area contributed by atoms with E-state index < -0.39 is 0 Å². The molecule has 0 saturated carbocycles. The minimum absolute atomic E-state index is 0. The van der Waals surface area contributed by atoms with Crippen molar-refractivity contribution in [1.82, 2.24) is 20.2 Å². The lowest BCUT2D eigenvalue weighted by Crippen LogP contribution is -2.51. The summed E-state index contributed by atoms with van der Waals surface area (Å²) in [5, 5.41) is 4.94.